The highest BCUT2D eigenvalue weighted by molar-refractivity contribution is 7.10. The van der Waals surface area contributed by atoms with E-state index in [9.17, 15) is 9.18 Å². The monoisotopic (exact) mass is 440 g/mol. The maximum absolute atomic E-state index is 13.5. The van der Waals surface area contributed by atoms with Crippen molar-refractivity contribution in [2.75, 3.05) is 26.2 Å². The third kappa shape index (κ3) is 4.55. The Hall–Kier alpha value is -2.58. The lowest BCUT2D eigenvalue weighted by atomic mass is 9.97. The number of benzene rings is 1. The van der Waals surface area contributed by atoms with E-state index in [0.717, 1.165) is 52.0 Å². The molecule has 2 aliphatic rings. The van der Waals surface area contributed by atoms with Crippen LogP contribution in [-0.2, 0) is 17.8 Å². The van der Waals surface area contributed by atoms with E-state index in [1.807, 2.05) is 4.90 Å². The smallest absolute Gasteiger partial charge is 0.231 e. The van der Waals surface area contributed by atoms with Gasteiger partial charge in [-0.2, -0.15) is 4.98 Å². The molecule has 3 aromatic rings. The Balaban J connectivity index is 1.16. The third-order valence-corrected chi connectivity index (χ3v) is 7.20. The Labute approximate surface area is 184 Å². The normalized spacial score (nSPS) is 19.4. The Kier molecular flexibility index (Phi) is 5.82. The van der Waals surface area contributed by atoms with Crippen LogP contribution in [-0.4, -0.2) is 52.0 Å². The Bertz CT molecular complexity index is 1070. The van der Waals surface area contributed by atoms with Crippen LogP contribution in [0.1, 0.15) is 41.5 Å². The number of likely N-dealkylation sites (tertiary alicyclic amines) is 1. The second-order valence-corrected chi connectivity index (χ2v) is 9.29. The third-order valence-electron chi connectivity index (χ3n) is 6.18. The zero-order chi connectivity index (χ0) is 21.2. The summed E-state index contributed by atoms with van der Waals surface area (Å²) < 4.78 is 19.0. The second-order valence-electron chi connectivity index (χ2n) is 8.29. The van der Waals surface area contributed by atoms with Crippen LogP contribution in [0.5, 0.6) is 0 Å². The van der Waals surface area contributed by atoms with Gasteiger partial charge in [0.25, 0.3) is 0 Å². The molecule has 2 aromatic heterocycles. The average Bonchev–Trinajstić information content (AvgIpc) is 3.47. The lowest BCUT2D eigenvalue weighted by Crippen LogP contribution is -2.40. The van der Waals surface area contributed by atoms with Crippen molar-refractivity contribution in [1.82, 2.24) is 19.9 Å². The highest BCUT2D eigenvalue weighted by atomic mass is 32.1. The van der Waals surface area contributed by atoms with Crippen molar-refractivity contribution in [3.05, 3.63) is 57.9 Å². The average molecular weight is 441 g/mol. The summed E-state index contributed by atoms with van der Waals surface area (Å²) in [6.45, 7) is 4.08. The molecule has 0 radical (unpaired) electrons. The number of halogens is 1. The van der Waals surface area contributed by atoms with Crippen molar-refractivity contribution in [2.45, 2.75) is 38.1 Å². The summed E-state index contributed by atoms with van der Waals surface area (Å²) in [7, 11) is 0. The fraction of sp³-hybridized carbons (Fsp3) is 0.435. The van der Waals surface area contributed by atoms with E-state index in [1.165, 1.54) is 22.6 Å². The summed E-state index contributed by atoms with van der Waals surface area (Å²) in [4.78, 5) is 23.0. The van der Waals surface area contributed by atoms with Crippen molar-refractivity contribution in [3.8, 4) is 11.4 Å². The maximum Gasteiger partial charge on any atom is 0.231 e. The summed E-state index contributed by atoms with van der Waals surface area (Å²) in [5.74, 6) is 1.06. The van der Waals surface area contributed by atoms with Gasteiger partial charge in [-0.15, -0.1) is 11.3 Å². The van der Waals surface area contributed by atoms with Crippen LogP contribution in [0.4, 0.5) is 4.39 Å². The minimum Gasteiger partial charge on any atom is -0.339 e. The van der Waals surface area contributed by atoms with E-state index >= 15 is 0 Å². The molecule has 1 saturated heterocycles. The standard InChI is InChI=1S/C23H25FN4O2S/c24-19-5-1-3-16(13-19)22-25-23(30-26-22)18-4-2-9-27(14-18)10-7-21(29)28-11-6-20-17(15-28)8-12-31-20/h1,3,5,8,12-13,18H,2,4,6-7,9-11,14-15H2. The van der Waals surface area contributed by atoms with E-state index < -0.39 is 0 Å². The molecule has 0 saturated carbocycles. The number of fused-ring (bicyclic) bond motifs is 1. The number of thiophene rings is 1. The largest absolute Gasteiger partial charge is 0.339 e. The summed E-state index contributed by atoms with van der Waals surface area (Å²) in [5, 5.41) is 6.16. The molecule has 0 aliphatic carbocycles. The summed E-state index contributed by atoms with van der Waals surface area (Å²) in [5.41, 5.74) is 1.91. The fourth-order valence-electron chi connectivity index (χ4n) is 4.48. The van der Waals surface area contributed by atoms with Crippen LogP contribution in [0.2, 0.25) is 0 Å². The molecule has 1 atom stereocenters. The second kappa shape index (κ2) is 8.88. The van der Waals surface area contributed by atoms with Gasteiger partial charge in [-0.25, -0.2) is 4.39 Å². The van der Waals surface area contributed by atoms with Crippen molar-refractivity contribution < 1.29 is 13.7 Å². The van der Waals surface area contributed by atoms with Gasteiger partial charge < -0.3 is 14.3 Å². The van der Waals surface area contributed by atoms with Gasteiger partial charge in [0.05, 0.1) is 5.92 Å². The summed E-state index contributed by atoms with van der Waals surface area (Å²) in [6.07, 6.45) is 3.50. The first-order valence-corrected chi connectivity index (χ1v) is 11.7. The molecule has 4 heterocycles. The maximum atomic E-state index is 13.5. The SMILES string of the molecule is O=C(CCN1CCCC(c2nc(-c3cccc(F)c3)no2)C1)N1CCc2sccc2C1. The van der Waals surface area contributed by atoms with Crippen LogP contribution in [0.15, 0.2) is 40.2 Å². The number of aromatic nitrogens is 2. The van der Waals surface area contributed by atoms with E-state index in [2.05, 4.69) is 26.5 Å². The number of nitrogens with zero attached hydrogens (tertiary/aromatic N) is 4. The lowest BCUT2D eigenvalue weighted by molar-refractivity contribution is -0.132. The molecule has 0 N–H and O–H groups in total. The molecule has 1 unspecified atom stereocenters. The molecule has 1 aromatic carbocycles. The zero-order valence-corrected chi connectivity index (χ0v) is 18.1. The summed E-state index contributed by atoms with van der Waals surface area (Å²) >= 11 is 1.79. The first-order chi connectivity index (χ1) is 15.2. The van der Waals surface area contributed by atoms with Gasteiger partial charge in [-0.3, -0.25) is 4.79 Å². The first kappa shape index (κ1) is 20.3. The number of hydrogen-bond donors (Lipinski definition) is 0. The molecule has 8 heteroatoms. The number of carbonyl (C=O) groups excluding carboxylic acids is 1. The van der Waals surface area contributed by atoms with Crippen molar-refractivity contribution >= 4 is 17.2 Å². The van der Waals surface area contributed by atoms with E-state index in [1.54, 1.807) is 23.5 Å². The highest BCUT2D eigenvalue weighted by Crippen LogP contribution is 2.28. The summed E-state index contributed by atoms with van der Waals surface area (Å²) in [6, 6.07) is 8.36. The quantitative estimate of drug-likeness (QED) is 0.598. The van der Waals surface area contributed by atoms with Crippen LogP contribution in [0.25, 0.3) is 11.4 Å². The van der Waals surface area contributed by atoms with Gasteiger partial charge in [0.2, 0.25) is 17.6 Å². The van der Waals surface area contributed by atoms with Crippen LogP contribution in [0.3, 0.4) is 0 Å². The van der Waals surface area contributed by atoms with Gasteiger partial charge >= 0.3 is 0 Å². The zero-order valence-electron chi connectivity index (χ0n) is 17.3. The molecule has 5 rings (SSSR count). The Morgan fingerprint density at radius 2 is 2.23 bits per heavy atom. The molecule has 0 spiro atoms. The van der Waals surface area contributed by atoms with E-state index in [4.69, 9.17) is 4.52 Å². The topological polar surface area (TPSA) is 62.5 Å². The molecular weight excluding hydrogens is 415 g/mol. The minimum atomic E-state index is -0.318. The van der Waals surface area contributed by atoms with Gasteiger partial charge in [-0.05, 0) is 54.9 Å². The highest BCUT2D eigenvalue weighted by Gasteiger charge is 2.27. The molecular formula is C23H25FN4O2S. The van der Waals surface area contributed by atoms with Gasteiger partial charge in [0.1, 0.15) is 5.82 Å². The van der Waals surface area contributed by atoms with Gasteiger partial charge in [0.15, 0.2) is 0 Å². The Morgan fingerprint density at radius 1 is 1.29 bits per heavy atom. The van der Waals surface area contributed by atoms with Crippen molar-refractivity contribution in [1.29, 1.82) is 0 Å². The van der Waals surface area contributed by atoms with Crippen molar-refractivity contribution in [3.63, 3.8) is 0 Å². The van der Waals surface area contributed by atoms with E-state index in [-0.39, 0.29) is 17.6 Å². The lowest BCUT2D eigenvalue weighted by Gasteiger charge is -2.32. The molecule has 0 bridgehead atoms. The van der Waals surface area contributed by atoms with Gasteiger partial charge in [-0.1, -0.05) is 17.3 Å². The number of piperidine rings is 1. The van der Waals surface area contributed by atoms with Crippen molar-refractivity contribution in [2.24, 2.45) is 0 Å². The Morgan fingerprint density at radius 3 is 3.13 bits per heavy atom. The molecule has 1 fully saturated rings. The first-order valence-electron chi connectivity index (χ1n) is 10.8. The number of rotatable bonds is 5. The van der Waals surface area contributed by atoms with Crippen LogP contribution < -0.4 is 0 Å². The number of amides is 1. The van der Waals surface area contributed by atoms with Crippen LogP contribution >= 0.6 is 11.3 Å². The molecule has 1 amide bonds. The molecule has 162 valence electrons. The molecule has 2 aliphatic heterocycles. The molecule has 31 heavy (non-hydrogen) atoms. The number of carbonyl (C=O) groups is 1. The predicted octanol–water partition coefficient (Wildman–Crippen LogP) is 4.09. The fourth-order valence-corrected chi connectivity index (χ4v) is 5.37. The minimum absolute atomic E-state index is 0.141. The van der Waals surface area contributed by atoms with E-state index in [0.29, 0.717) is 23.7 Å². The van der Waals surface area contributed by atoms with Crippen LogP contribution in [0, 0.1) is 5.82 Å². The van der Waals surface area contributed by atoms with Gasteiger partial charge in [0, 0.05) is 43.0 Å². The molecule has 6 nitrogen and oxygen atoms in total. The number of hydrogen-bond acceptors (Lipinski definition) is 6. The predicted molar refractivity (Wildman–Crippen MR) is 116 cm³/mol.